The monoisotopic (exact) mass is 538 g/mol. The molecule has 0 N–H and O–H groups in total. The molecule has 1 fully saturated rings. The fourth-order valence-corrected chi connectivity index (χ4v) is 5.04. The van der Waals surface area contributed by atoms with Crippen LogP contribution in [-0.4, -0.2) is 48.4 Å². The van der Waals surface area contributed by atoms with Gasteiger partial charge in [-0.05, 0) is 61.2 Å². The van der Waals surface area contributed by atoms with E-state index < -0.39 is 5.41 Å². The van der Waals surface area contributed by atoms with Gasteiger partial charge in [-0.15, -0.1) is 0 Å². The van der Waals surface area contributed by atoms with Crippen molar-refractivity contribution < 1.29 is 14.3 Å². The number of halogens is 2. The lowest BCUT2D eigenvalue weighted by atomic mass is 9.75. The van der Waals surface area contributed by atoms with E-state index in [4.69, 9.17) is 27.9 Å². The van der Waals surface area contributed by atoms with Gasteiger partial charge in [0.2, 0.25) is 5.91 Å². The summed E-state index contributed by atoms with van der Waals surface area (Å²) < 4.78 is 6.23. The van der Waals surface area contributed by atoms with Crippen LogP contribution in [0.4, 0.5) is 0 Å². The summed E-state index contributed by atoms with van der Waals surface area (Å²) in [6.07, 6.45) is 1.65. The van der Waals surface area contributed by atoms with Gasteiger partial charge < -0.3 is 14.5 Å². The minimum absolute atomic E-state index is 0.0608. The smallest absolute Gasteiger partial charge is 0.255 e. The average Bonchev–Trinajstić information content (AvgIpc) is 2.90. The Labute approximate surface area is 228 Å². The van der Waals surface area contributed by atoms with Crippen LogP contribution < -0.4 is 4.74 Å². The lowest BCUT2D eigenvalue weighted by Gasteiger charge is -2.42. The normalized spacial score (nSPS) is 14.8. The first-order valence-electron chi connectivity index (χ1n) is 12.5. The van der Waals surface area contributed by atoms with Crippen LogP contribution in [0.3, 0.4) is 0 Å². The SMILES string of the molecule is Cc1cc(OCC2(CC(=O)N(C)Cc3ccccc3)CCN(C(=O)c3ccccc3Cl)CC2)ccc1Cl. The second kappa shape index (κ2) is 12.0. The third-order valence-corrected chi connectivity index (χ3v) is 7.86. The lowest BCUT2D eigenvalue weighted by molar-refractivity contribution is -0.134. The van der Waals surface area contributed by atoms with Crippen molar-refractivity contribution in [1.82, 2.24) is 9.80 Å². The number of nitrogens with zero attached hydrogens (tertiary/aromatic N) is 2. The second-order valence-corrected chi connectivity index (χ2v) is 10.7. The number of hydrogen-bond acceptors (Lipinski definition) is 3. The Balaban J connectivity index is 1.48. The molecule has 3 aromatic carbocycles. The van der Waals surface area contributed by atoms with Gasteiger partial charge in [-0.3, -0.25) is 9.59 Å². The van der Waals surface area contributed by atoms with Gasteiger partial charge in [0, 0.05) is 43.5 Å². The lowest BCUT2D eigenvalue weighted by Crippen LogP contribution is -2.47. The number of piperidine rings is 1. The molecule has 0 radical (unpaired) electrons. The van der Waals surface area contributed by atoms with E-state index in [1.54, 1.807) is 17.0 Å². The highest BCUT2D eigenvalue weighted by atomic mass is 35.5. The van der Waals surface area contributed by atoms with E-state index in [1.807, 2.05) is 79.5 Å². The molecule has 7 heteroatoms. The Kier molecular flexibility index (Phi) is 8.78. The first-order chi connectivity index (χ1) is 17.8. The van der Waals surface area contributed by atoms with E-state index in [0.29, 0.717) is 61.1 Å². The summed E-state index contributed by atoms with van der Waals surface area (Å²) in [6, 6.07) is 22.6. The second-order valence-electron chi connectivity index (χ2n) is 9.88. The minimum Gasteiger partial charge on any atom is -0.493 e. The number of amides is 2. The molecule has 194 valence electrons. The van der Waals surface area contributed by atoms with E-state index in [-0.39, 0.29) is 11.8 Å². The molecule has 0 unspecified atom stereocenters. The Morgan fingerprint density at radius 1 is 0.946 bits per heavy atom. The summed E-state index contributed by atoms with van der Waals surface area (Å²) in [4.78, 5) is 30.1. The molecule has 1 aliphatic heterocycles. The van der Waals surface area contributed by atoms with Crippen LogP contribution in [0.2, 0.25) is 10.0 Å². The van der Waals surface area contributed by atoms with Crippen molar-refractivity contribution in [2.75, 3.05) is 26.7 Å². The maximum absolute atomic E-state index is 13.4. The number of likely N-dealkylation sites (tertiary alicyclic amines) is 1. The molecular weight excluding hydrogens is 507 g/mol. The number of carbonyl (C=O) groups excluding carboxylic acids is 2. The third kappa shape index (κ3) is 6.85. The molecule has 0 spiro atoms. The molecule has 1 heterocycles. The Bertz CT molecular complexity index is 1240. The fourth-order valence-electron chi connectivity index (χ4n) is 4.71. The number of ether oxygens (including phenoxy) is 1. The van der Waals surface area contributed by atoms with Crippen molar-refractivity contribution in [3.05, 3.63) is 99.5 Å². The van der Waals surface area contributed by atoms with Crippen molar-refractivity contribution in [2.45, 2.75) is 32.7 Å². The molecule has 1 aliphatic rings. The zero-order chi connectivity index (χ0) is 26.4. The zero-order valence-corrected chi connectivity index (χ0v) is 22.8. The maximum atomic E-state index is 13.4. The minimum atomic E-state index is -0.396. The van der Waals surface area contributed by atoms with E-state index >= 15 is 0 Å². The molecular formula is C30H32Cl2N2O3. The highest BCUT2D eigenvalue weighted by Gasteiger charge is 2.39. The number of aryl methyl sites for hydroxylation is 1. The molecule has 0 aromatic heterocycles. The summed E-state index contributed by atoms with van der Waals surface area (Å²) in [7, 11) is 1.84. The number of carbonyl (C=O) groups is 2. The zero-order valence-electron chi connectivity index (χ0n) is 21.3. The number of rotatable bonds is 8. The third-order valence-electron chi connectivity index (χ3n) is 7.10. The number of benzene rings is 3. The van der Waals surface area contributed by atoms with Crippen LogP contribution in [-0.2, 0) is 11.3 Å². The Morgan fingerprint density at radius 2 is 1.62 bits per heavy atom. The predicted molar refractivity (Wildman–Crippen MR) is 148 cm³/mol. The average molecular weight is 540 g/mol. The quantitative estimate of drug-likeness (QED) is 0.322. The standard InChI is InChI=1S/C30H32Cl2N2O3/c1-22-18-24(12-13-26(22)31)37-21-30(19-28(35)33(2)20-23-8-4-3-5-9-23)14-16-34(17-15-30)29(36)25-10-6-7-11-27(25)32/h3-13,18H,14-17,19-21H2,1-2H3. The van der Waals surface area contributed by atoms with Crippen LogP contribution in [0.1, 0.15) is 40.7 Å². The molecule has 3 aromatic rings. The van der Waals surface area contributed by atoms with Crippen LogP contribution in [0.5, 0.6) is 5.75 Å². The molecule has 4 rings (SSSR count). The highest BCUT2D eigenvalue weighted by molar-refractivity contribution is 6.33. The molecule has 0 aliphatic carbocycles. The summed E-state index contributed by atoms with van der Waals surface area (Å²) in [5.41, 5.74) is 2.13. The maximum Gasteiger partial charge on any atom is 0.255 e. The summed E-state index contributed by atoms with van der Waals surface area (Å²) >= 11 is 12.5. The summed E-state index contributed by atoms with van der Waals surface area (Å²) in [5, 5.41) is 1.13. The molecule has 2 amide bonds. The van der Waals surface area contributed by atoms with Crippen LogP contribution in [0.25, 0.3) is 0 Å². The van der Waals surface area contributed by atoms with Crippen molar-refractivity contribution in [1.29, 1.82) is 0 Å². The van der Waals surface area contributed by atoms with Gasteiger partial charge in [-0.25, -0.2) is 0 Å². The van der Waals surface area contributed by atoms with Crippen molar-refractivity contribution in [3.8, 4) is 5.75 Å². The van der Waals surface area contributed by atoms with Gasteiger partial charge in [0.25, 0.3) is 5.91 Å². The first kappa shape index (κ1) is 27.0. The van der Waals surface area contributed by atoms with Crippen molar-refractivity contribution in [3.63, 3.8) is 0 Å². The molecule has 0 bridgehead atoms. The van der Waals surface area contributed by atoms with E-state index in [9.17, 15) is 9.59 Å². The molecule has 5 nitrogen and oxygen atoms in total. The van der Waals surface area contributed by atoms with Gasteiger partial charge in [-0.1, -0.05) is 65.7 Å². The fraction of sp³-hybridized carbons (Fsp3) is 0.333. The van der Waals surface area contributed by atoms with Gasteiger partial charge >= 0.3 is 0 Å². The van der Waals surface area contributed by atoms with Crippen LogP contribution >= 0.6 is 23.2 Å². The van der Waals surface area contributed by atoms with E-state index in [2.05, 4.69) is 0 Å². The highest BCUT2D eigenvalue weighted by Crippen LogP contribution is 2.37. The first-order valence-corrected chi connectivity index (χ1v) is 13.2. The molecule has 1 saturated heterocycles. The van der Waals surface area contributed by atoms with E-state index in [1.165, 1.54) is 0 Å². The van der Waals surface area contributed by atoms with Gasteiger partial charge in [0.1, 0.15) is 5.75 Å². The largest absolute Gasteiger partial charge is 0.493 e. The predicted octanol–water partition coefficient (Wildman–Crippen LogP) is 6.65. The van der Waals surface area contributed by atoms with Gasteiger partial charge in [0.15, 0.2) is 0 Å². The van der Waals surface area contributed by atoms with Gasteiger partial charge in [-0.2, -0.15) is 0 Å². The van der Waals surface area contributed by atoms with Crippen LogP contribution in [0.15, 0.2) is 72.8 Å². The van der Waals surface area contributed by atoms with Crippen molar-refractivity contribution in [2.24, 2.45) is 5.41 Å². The Morgan fingerprint density at radius 3 is 2.30 bits per heavy atom. The summed E-state index contributed by atoms with van der Waals surface area (Å²) in [5.74, 6) is 0.701. The topological polar surface area (TPSA) is 49.9 Å². The molecule has 0 saturated carbocycles. The van der Waals surface area contributed by atoms with Crippen LogP contribution in [0, 0.1) is 12.3 Å². The summed E-state index contributed by atoms with van der Waals surface area (Å²) in [6.45, 7) is 3.93. The van der Waals surface area contributed by atoms with Crippen molar-refractivity contribution >= 4 is 35.0 Å². The molecule has 37 heavy (non-hydrogen) atoms. The number of hydrogen-bond donors (Lipinski definition) is 0. The Hall–Kier alpha value is -3.02. The van der Waals surface area contributed by atoms with E-state index in [0.717, 1.165) is 16.9 Å². The van der Waals surface area contributed by atoms with Gasteiger partial charge in [0.05, 0.1) is 17.2 Å². The molecule has 0 atom stereocenters.